The molecule has 1 unspecified atom stereocenters. The van der Waals surface area contributed by atoms with Gasteiger partial charge >= 0.3 is 0 Å². The number of anilines is 1. The number of hydrogen-bond donors (Lipinski definition) is 1. The van der Waals surface area contributed by atoms with Gasteiger partial charge in [-0.05, 0) is 48.2 Å². The number of benzene rings is 2. The Labute approximate surface area is 165 Å². The van der Waals surface area contributed by atoms with Crippen molar-refractivity contribution in [2.45, 2.75) is 39.2 Å². The molecule has 0 spiro atoms. The van der Waals surface area contributed by atoms with Crippen LogP contribution in [0.2, 0.25) is 0 Å². The topological polar surface area (TPSA) is 51.2 Å². The number of nitrogens with zero attached hydrogens (tertiary/aromatic N) is 1. The van der Waals surface area contributed by atoms with Gasteiger partial charge in [0.15, 0.2) is 11.2 Å². The first-order chi connectivity index (χ1) is 12.2. The second kappa shape index (κ2) is 7.37. The van der Waals surface area contributed by atoms with Gasteiger partial charge in [-0.3, -0.25) is 10.1 Å². The fourth-order valence-electron chi connectivity index (χ4n) is 2.45. The molecule has 0 aliphatic heterocycles. The summed E-state index contributed by atoms with van der Waals surface area (Å²) in [4.78, 5) is 16.9. The lowest BCUT2D eigenvalue weighted by Gasteiger charge is -2.18. The van der Waals surface area contributed by atoms with Gasteiger partial charge in [0, 0.05) is 4.47 Å². The molecule has 1 heterocycles. The van der Waals surface area contributed by atoms with E-state index in [1.165, 1.54) is 16.9 Å². The van der Waals surface area contributed by atoms with Crippen LogP contribution in [0.1, 0.15) is 33.3 Å². The highest BCUT2D eigenvalue weighted by molar-refractivity contribution is 9.10. The van der Waals surface area contributed by atoms with Crippen LogP contribution in [-0.2, 0) is 10.2 Å². The van der Waals surface area contributed by atoms with Gasteiger partial charge in [0.2, 0.25) is 0 Å². The number of thiazole rings is 1. The van der Waals surface area contributed by atoms with Crippen LogP contribution in [0.5, 0.6) is 5.75 Å². The monoisotopic (exact) mass is 432 g/mol. The highest BCUT2D eigenvalue weighted by atomic mass is 79.9. The predicted octanol–water partition coefficient (Wildman–Crippen LogP) is 5.76. The summed E-state index contributed by atoms with van der Waals surface area (Å²) in [6.45, 7) is 8.26. The van der Waals surface area contributed by atoms with Crippen LogP contribution in [0.3, 0.4) is 0 Å². The van der Waals surface area contributed by atoms with E-state index in [9.17, 15) is 4.79 Å². The van der Waals surface area contributed by atoms with Crippen LogP contribution < -0.4 is 10.1 Å². The van der Waals surface area contributed by atoms with Crippen molar-refractivity contribution in [1.82, 2.24) is 4.98 Å². The fraction of sp³-hybridized carbons (Fsp3) is 0.300. The summed E-state index contributed by atoms with van der Waals surface area (Å²) in [5.74, 6) is 0.418. The maximum Gasteiger partial charge on any atom is 0.266 e. The van der Waals surface area contributed by atoms with Crippen molar-refractivity contribution in [2.75, 3.05) is 5.32 Å². The molecular weight excluding hydrogens is 412 g/mol. The second-order valence-electron chi connectivity index (χ2n) is 7.16. The van der Waals surface area contributed by atoms with E-state index in [0.29, 0.717) is 10.9 Å². The number of carbonyl (C=O) groups is 1. The van der Waals surface area contributed by atoms with Gasteiger partial charge in [0.05, 0.1) is 10.2 Å². The third-order valence-corrected chi connectivity index (χ3v) is 5.39. The summed E-state index contributed by atoms with van der Waals surface area (Å²) in [6, 6.07) is 13.7. The van der Waals surface area contributed by atoms with Crippen LogP contribution in [0, 0.1) is 0 Å². The summed E-state index contributed by atoms with van der Waals surface area (Å²) in [5, 5.41) is 3.44. The van der Waals surface area contributed by atoms with Crippen molar-refractivity contribution in [3.63, 3.8) is 0 Å². The van der Waals surface area contributed by atoms with E-state index < -0.39 is 6.10 Å². The van der Waals surface area contributed by atoms with Gasteiger partial charge in [-0.15, -0.1) is 0 Å². The summed E-state index contributed by atoms with van der Waals surface area (Å²) < 4.78 is 7.67. The van der Waals surface area contributed by atoms with Crippen LogP contribution in [0.4, 0.5) is 5.13 Å². The number of aromatic nitrogens is 1. The zero-order chi connectivity index (χ0) is 18.9. The van der Waals surface area contributed by atoms with Crippen molar-refractivity contribution < 1.29 is 9.53 Å². The van der Waals surface area contributed by atoms with Crippen molar-refractivity contribution in [3.8, 4) is 5.75 Å². The largest absolute Gasteiger partial charge is 0.481 e. The Morgan fingerprint density at radius 2 is 2.00 bits per heavy atom. The first-order valence-electron chi connectivity index (χ1n) is 8.36. The van der Waals surface area contributed by atoms with E-state index in [2.05, 4.69) is 59.1 Å². The zero-order valence-corrected chi connectivity index (χ0v) is 17.6. The Balaban J connectivity index is 1.72. The Hall–Kier alpha value is -1.92. The molecule has 0 aliphatic carbocycles. The lowest BCUT2D eigenvalue weighted by atomic mass is 9.87. The smallest absolute Gasteiger partial charge is 0.266 e. The number of rotatable bonds is 4. The van der Waals surface area contributed by atoms with Crippen molar-refractivity contribution in [3.05, 3.63) is 52.5 Å². The molecular formula is C20H21BrN2O2S. The molecule has 1 atom stereocenters. The summed E-state index contributed by atoms with van der Waals surface area (Å²) in [6.07, 6.45) is -0.624. The molecule has 1 N–H and O–H groups in total. The minimum atomic E-state index is -0.624. The Morgan fingerprint density at radius 3 is 2.69 bits per heavy atom. The van der Waals surface area contributed by atoms with Gasteiger partial charge in [0.25, 0.3) is 5.91 Å². The van der Waals surface area contributed by atoms with E-state index in [1.807, 2.05) is 30.3 Å². The molecule has 0 saturated carbocycles. The molecule has 0 bridgehead atoms. The maximum atomic E-state index is 12.4. The maximum absolute atomic E-state index is 12.4. The number of fused-ring (bicyclic) bond motifs is 1. The van der Waals surface area contributed by atoms with Crippen molar-refractivity contribution in [2.24, 2.45) is 0 Å². The molecule has 4 nitrogen and oxygen atoms in total. The molecule has 6 heteroatoms. The molecule has 3 rings (SSSR count). The number of halogens is 1. The Morgan fingerprint density at radius 1 is 1.23 bits per heavy atom. The third kappa shape index (κ3) is 4.43. The number of carbonyl (C=O) groups excluding carboxylic acids is 1. The summed E-state index contributed by atoms with van der Waals surface area (Å²) in [5.41, 5.74) is 2.21. The molecule has 2 aromatic carbocycles. The van der Waals surface area contributed by atoms with Crippen LogP contribution in [0.15, 0.2) is 46.9 Å². The quantitative estimate of drug-likeness (QED) is 0.569. The number of nitrogens with one attached hydrogen (secondary N) is 1. The minimum Gasteiger partial charge on any atom is -0.481 e. The first kappa shape index (κ1) is 18.9. The lowest BCUT2D eigenvalue weighted by Crippen LogP contribution is -2.30. The van der Waals surface area contributed by atoms with E-state index in [4.69, 9.17) is 4.74 Å². The second-order valence-corrected chi connectivity index (χ2v) is 9.10. The van der Waals surface area contributed by atoms with E-state index in [0.717, 1.165) is 14.7 Å². The summed E-state index contributed by atoms with van der Waals surface area (Å²) >= 11 is 4.87. The van der Waals surface area contributed by atoms with Crippen molar-refractivity contribution >= 4 is 48.5 Å². The molecule has 1 aromatic heterocycles. The SMILES string of the molecule is CC(Oc1cccc(Br)c1)C(=O)Nc1nc2ccc(C(C)(C)C)cc2s1. The highest BCUT2D eigenvalue weighted by Gasteiger charge is 2.18. The van der Waals surface area contributed by atoms with Gasteiger partial charge in [-0.1, -0.05) is 60.2 Å². The molecule has 26 heavy (non-hydrogen) atoms. The molecule has 136 valence electrons. The van der Waals surface area contributed by atoms with Gasteiger partial charge in [0.1, 0.15) is 5.75 Å². The van der Waals surface area contributed by atoms with Gasteiger partial charge < -0.3 is 4.74 Å². The average Bonchev–Trinajstić information content (AvgIpc) is 2.95. The first-order valence-corrected chi connectivity index (χ1v) is 9.97. The molecule has 3 aromatic rings. The minimum absolute atomic E-state index is 0.0773. The Kier molecular flexibility index (Phi) is 5.34. The standard InChI is InChI=1S/C20H21BrN2O2S/c1-12(25-15-7-5-6-14(21)11-15)18(24)23-19-22-16-9-8-13(20(2,3)4)10-17(16)26-19/h5-12H,1-4H3,(H,22,23,24). The Bertz CT molecular complexity index is 946. The van der Waals surface area contributed by atoms with Gasteiger partial charge in [-0.2, -0.15) is 0 Å². The zero-order valence-electron chi connectivity index (χ0n) is 15.2. The van der Waals surface area contributed by atoms with Crippen LogP contribution in [-0.4, -0.2) is 17.0 Å². The average molecular weight is 433 g/mol. The molecule has 0 radical (unpaired) electrons. The highest BCUT2D eigenvalue weighted by Crippen LogP contribution is 2.31. The predicted molar refractivity (Wildman–Crippen MR) is 111 cm³/mol. The number of hydrogen-bond acceptors (Lipinski definition) is 4. The molecule has 0 aliphatic rings. The van der Waals surface area contributed by atoms with E-state index in [-0.39, 0.29) is 11.3 Å². The molecule has 0 fully saturated rings. The van der Waals surface area contributed by atoms with Gasteiger partial charge in [-0.25, -0.2) is 4.98 Å². The number of amides is 1. The molecule has 1 amide bonds. The number of ether oxygens (including phenoxy) is 1. The van der Waals surface area contributed by atoms with Crippen LogP contribution in [0.25, 0.3) is 10.2 Å². The fourth-order valence-corrected chi connectivity index (χ4v) is 3.74. The normalized spacial score (nSPS) is 12.8. The van der Waals surface area contributed by atoms with Crippen LogP contribution >= 0.6 is 27.3 Å². The molecule has 0 saturated heterocycles. The summed E-state index contributed by atoms with van der Waals surface area (Å²) in [7, 11) is 0. The van der Waals surface area contributed by atoms with E-state index in [1.54, 1.807) is 6.92 Å². The lowest BCUT2D eigenvalue weighted by molar-refractivity contribution is -0.122. The van der Waals surface area contributed by atoms with Crippen molar-refractivity contribution in [1.29, 1.82) is 0 Å². The van der Waals surface area contributed by atoms with E-state index >= 15 is 0 Å². The third-order valence-electron chi connectivity index (χ3n) is 3.96.